The molecule has 0 saturated carbocycles. The molecule has 0 radical (unpaired) electrons. The van der Waals surface area contributed by atoms with Gasteiger partial charge in [-0.3, -0.25) is 20.4 Å². The quantitative estimate of drug-likeness (QED) is 0.623. The van der Waals surface area contributed by atoms with Crippen LogP contribution >= 0.6 is 15.9 Å². The highest BCUT2D eigenvalue weighted by molar-refractivity contribution is 9.10. The molecule has 124 valence electrons. The average molecular weight is 389 g/mol. The topological polar surface area (TPSA) is 67.4 Å². The zero-order valence-corrected chi connectivity index (χ0v) is 14.9. The second-order valence-corrected chi connectivity index (χ2v) is 5.89. The summed E-state index contributed by atoms with van der Waals surface area (Å²) in [4.78, 5) is 23.9. The highest BCUT2D eigenvalue weighted by atomic mass is 79.9. The molecule has 0 atom stereocenters. The van der Waals surface area contributed by atoms with Gasteiger partial charge < -0.3 is 4.74 Å². The molecule has 6 heteroatoms. The Morgan fingerprint density at radius 1 is 1.12 bits per heavy atom. The molecule has 0 aliphatic rings. The minimum absolute atomic E-state index is 0.366. The van der Waals surface area contributed by atoms with Crippen molar-refractivity contribution < 1.29 is 14.3 Å². The summed E-state index contributed by atoms with van der Waals surface area (Å²) < 4.78 is 6.10. The molecule has 2 rings (SSSR count). The van der Waals surface area contributed by atoms with Gasteiger partial charge in [0.1, 0.15) is 5.75 Å². The van der Waals surface area contributed by atoms with Crippen molar-refractivity contribution in [3.05, 3.63) is 69.7 Å². The van der Waals surface area contributed by atoms with Gasteiger partial charge in [-0.25, -0.2) is 0 Å². The first kappa shape index (κ1) is 17.7. The Labute approximate surface area is 148 Å². The number of aryl methyl sites for hydroxylation is 1. The van der Waals surface area contributed by atoms with Gasteiger partial charge in [-0.1, -0.05) is 34.1 Å². The Hall–Kier alpha value is -2.60. The summed E-state index contributed by atoms with van der Waals surface area (Å²) in [7, 11) is 1.56. The lowest BCUT2D eigenvalue weighted by Gasteiger charge is -2.08. The molecule has 5 nitrogen and oxygen atoms in total. The van der Waals surface area contributed by atoms with Crippen LogP contribution < -0.4 is 15.6 Å². The van der Waals surface area contributed by atoms with Crippen LogP contribution in [-0.4, -0.2) is 18.9 Å². The maximum Gasteiger partial charge on any atom is 0.269 e. The number of hydrogen-bond donors (Lipinski definition) is 2. The number of methoxy groups -OCH3 is 1. The van der Waals surface area contributed by atoms with E-state index < -0.39 is 5.91 Å². The van der Waals surface area contributed by atoms with E-state index in [1.807, 2.05) is 31.2 Å². The lowest BCUT2D eigenvalue weighted by atomic mass is 10.1. The Bertz CT molecular complexity index is 788. The molecule has 0 aliphatic carbocycles. The van der Waals surface area contributed by atoms with Crippen LogP contribution in [0.3, 0.4) is 0 Å². The first-order valence-corrected chi connectivity index (χ1v) is 7.98. The molecule has 0 fully saturated rings. The molecule has 0 saturated heterocycles. The maximum absolute atomic E-state index is 12.0. The lowest BCUT2D eigenvalue weighted by molar-refractivity contribution is -0.117. The zero-order chi connectivity index (χ0) is 17.5. The number of carbonyl (C=O) groups is 2. The van der Waals surface area contributed by atoms with Gasteiger partial charge in [0, 0.05) is 21.7 Å². The van der Waals surface area contributed by atoms with E-state index in [9.17, 15) is 9.59 Å². The summed E-state index contributed by atoms with van der Waals surface area (Å²) in [5.74, 6) is -0.167. The van der Waals surface area contributed by atoms with E-state index in [4.69, 9.17) is 4.74 Å². The molecule has 0 heterocycles. The van der Waals surface area contributed by atoms with Gasteiger partial charge >= 0.3 is 0 Å². The molecule has 2 aromatic rings. The van der Waals surface area contributed by atoms with Gasteiger partial charge in [0.05, 0.1) is 7.11 Å². The molecule has 0 unspecified atom stereocenters. The van der Waals surface area contributed by atoms with E-state index >= 15 is 0 Å². The molecule has 0 aliphatic heterocycles. The number of benzene rings is 2. The SMILES string of the molecule is COc1ccc(Br)cc1/C=C/C(=O)NNC(=O)c1ccccc1C. The Balaban J connectivity index is 1.98. The number of rotatable bonds is 4. The molecule has 0 aromatic heterocycles. The van der Waals surface area contributed by atoms with Crippen LogP contribution in [0, 0.1) is 6.92 Å². The van der Waals surface area contributed by atoms with Crippen molar-refractivity contribution in [2.75, 3.05) is 7.11 Å². The van der Waals surface area contributed by atoms with Crippen molar-refractivity contribution in [2.24, 2.45) is 0 Å². The van der Waals surface area contributed by atoms with E-state index in [-0.39, 0.29) is 5.91 Å². The number of amides is 2. The fourth-order valence-corrected chi connectivity index (χ4v) is 2.43. The summed E-state index contributed by atoms with van der Waals surface area (Å²) >= 11 is 3.37. The summed E-state index contributed by atoms with van der Waals surface area (Å²) in [5, 5.41) is 0. The average Bonchev–Trinajstić information content (AvgIpc) is 2.58. The van der Waals surface area contributed by atoms with Crippen LogP contribution in [0.15, 0.2) is 53.0 Å². The minimum atomic E-state index is -0.445. The number of carbonyl (C=O) groups excluding carboxylic acids is 2. The second-order valence-electron chi connectivity index (χ2n) is 4.98. The maximum atomic E-state index is 12.0. The van der Waals surface area contributed by atoms with Crippen molar-refractivity contribution >= 4 is 33.8 Å². The summed E-state index contributed by atoms with van der Waals surface area (Å²) in [6, 6.07) is 12.6. The molecular formula is C18H17BrN2O3. The van der Waals surface area contributed by atoms with Gasteiger partial charge in [-0.05, 0) is 42.8 Å². The lowest BCUT2D eigenvalue weighted by Crippen LogP contribution is -2.41. The number of nitrogens with one attached hydrogen (secondary N) is 2. The monoisotopic (exact) mass is 388 g/mol. The van der Waals surface area contributed by atoms with E-state index in [0.717, 1.165) is 15.6 Å². The van der Waals surface area contributed by atoms with Gasteiger partial charge in [0.15, 0.2) is 0 Å². The van der Waals surface area contributed by atoms with Crippen molar-refractivity contribution in [2.45, 2.75) is 6.92 Å². The van der Waals surface area contributed by atoms with Crippen LogP contribution in [0.5, 0.6) is 5.75 Å². The molecule has 0 bridgehead atoms. The first-order chi connectivity index (χ1) is 11.5. The van der Waals surface area contributed by atoms with Crippen LogP contribution in [0.2, 0.25) is 0 Å². The van der Waals surface area contributed by atoms with Gasteiger partial charge in [0.25, 0.3) is 11.8 Å². The summed E-state index contributed by atoms with van der Waals surface area (Å²) in [6.07, 6.45) is 2.93. The second kappa shape index (κ2) is 8.31. The largest absolute Gasteiger partial charge is 0.496 e. The number of hydrazine groups is 1. The van der Waals surface area contributed by atoms with Crippen LogP contribution in [0.25, 0.3) is 6.08 Å². The Morgan fingerprint density at radius 3 is 2.58 bits per heavy atom. The third-order valence-electron chi connectivity index (χ3n) is 3.29. The van der Waals surface area contributed by atoms with Crippen molar-refractivity contribution in [3.63, 3.8) is 0 Å². The van der Waals surface area contributed by atoms with Crippen LogP contribution in [0.1, 0.15) is 21.5 Å². The summed E-state index contributed by atoms with van der Waals surface area (Å²) in [5.41, 5.74) is 6.82. The number of ether oxygens (including phenoxy) is 1. The number of hydrogen-bond acceptors (Lipinski definition) is 3. The van der Waals surface area contributed by atoms with E-state index in [2.05, 4.69) is 26.8 Å². The third kappa shape index (κ3) is 4.70. The highest BCUT2D eigenvalue weighted by Crippen LogP contribution is 2.23. The molecule has 0 spiro atoms. The van der Waals surface area contributed by atoms with Crippen molar-refractivity contribution in [1.82, 2.24) is 10.9 Å². The van der Waals surface area contributed by atoms with E-state index in [1.165, 1.54) is 6.08 Å². The van der Waals surface area contributed by atoms with Gasteiger partial charge in [0.2, 0.25) is 0 Å². The third-order valence-corrected chi connectivity index (χ3v) is 3.79. The fraction of sp³-hybridized carbons (Fsp3) is 0.111. The van der Waals surface area contributed by atoms with Gasteiger partial charge in [-0.15, -0.1) is 0 Å². The smallest absolute Gasteiger partial charge is 0.269 e. The summed E-state index contributed by atoms with van der Waals surface area (Å²) in [6.45, 7) is 1.83. The minimum Gasteiger partial charge on any atom is -0.496 e. The Kier molecular flexibility index (Phi) is 6.14. The zero-order valence-electron chi connectivity index (χ0n) is 13.3. The van der Waals surface area contributed by atoms with Crippen LogP contribution in [-0.2, 0) is 4.79 Å². The molecular weight excluding hydrogens is 372 g/mol. The van der Waals surface area contributed by atoms with Crippen LogP contribution in [0.4, 0.5) is 0 Å². The predicted molar refractivity (Wildman–Crippen MR) is 96.5 cm³/mol. The van der Waals surface area contributed by atoms with E-state index in [1.54, 1.807) is 31.4 Å². The van der Waals surface area contributed by atoms with Crippen molar-refractivity contribution in [1.29, 1.82) is 0 Å². The highest BCUT2D eigenvalue weighted by Gasteiger charge is 2.08. The molecule has 2 amide bonds. The van der Waals surface area contributed by atoms with E-state index in [0.29, 0.717) is 11.3 Å². The standard InChI is InChI=1S/C18H17BrN2O3/c1-12-5-3-4-6-15(12)18(23)21-20-17(22)10-7-13-11-14(19)8-9-16(13)24-2/h3-11H,1-2H3,(H,20,22)(H,21,23)/b10-7+. The first-order valence-electron chi connectivity index (χ1n) is 7.19. The molecule has 24 heavy (non-hydrogen) atoms. The van der Waals surface area contributed by atoms with Gasteiger partial charge in [-0.2, -0.15) is 0 Å². The van der Waals surface area contributed by atoms with Crippen molar-refractivity contribution in [3.8, 4) is 5.75 Å². The normalized spacial score (nSPS) is 10.5. The predicted octanol–water partition coefficient (Wildman–Crippen LogP) is 3.24. The number of halogens is 1. The Morgan fingerprint density at radius 2 is 1.88 bits per heavy atom. The molecule has 2 N–H and O–H groups in total. The molecule has 2 aromatic carbocycles. The fourth-order valence-electron chi connectivity index (χ4n) is 2.06.